The number of nitrogens with zero attached hydrogens (tertiary/aromatic N) is 2. The third kappa shape index (κ3) is 3.87. The summed E-state index contributed by atoms with van der Waals surface area (Å²) in [7, 11) is 0. The van der Waals surface area contributed by atoms with E-state index in [1.165, 1.54) is 0 Å². The molecule has 1 N–H and O–H groups in total. The van der Waals surface area contributed by atoms with E-state index in [0.29, 0.717) is 17.9 Å². The van der Waals surface area contributed by atoms with Gasteiger partial charge in [-0.25, -0.2) is 4.98 Å². The molecule has 0 saturated carbocycles. The lowest BCUT2D eigenvalue weighted by atomic mass is 10.1. The van der Waals surface area contributed by atoms with Gasteiger partial charge in [-0.2, -0.15) is 0 Å². The standard InChI is InChI=1S/C10H14ClN3O.ClH/c11-10-9(13-5-6-14-10)7-15-8-1-3-12-4-2-8;/h5-6,8,12H,1-4,7H2;1H. The Balaban J connectivity index is 0.00000128. The first-order valence-corrected chi connectivity index (χ1v) is 5.52. The van der Waals surface area contributed by atoms with Gasteiger partial charge in [-0.1, -0.05) is 11.6 Å². The van der Waals surface area contributed by atoms with Crippen LogP contribution in [0.1, 0.15) is 18.5 Å². The molecule has 16 heavy (non-hydrogen) atoms. The highest BCUT2D eigenvalue weighted by Crippen LogP contribution is 2.13. The fraction of sp³-hybridized carbons (Fsp3) is 0.600. The molecule has 0 bridgehead atoms. The molecule has 1 fully saturated rings. The molecule has 90 valence electrons. The summed E-state index contributed by atoms with van der Waals surface area (Å²) in [6, 6.07) is 0. The summed E-state index contributed by atoms with van der Waals surface area (Å²) in [5.41, 5.74) is 0.720. The molecule has 0 atom stereocenters. The van der Waals surface area contributed by atoms with Crippen molar-refractivity contribution in [1.29, 1.82) is 0 Å². The second kappa shape index (κ2) is 7.01. The van der Waals surface area contributed by atoms with Gasteiger partial charge in [0.15, 0.2) is 5.15 Å². The van der Waals surface area contributed by atoms with E-state index in [1.54, 1.807) is 12.4 Å². The molecule has 1 aliphatic rings. The lowest BCUT2D eigenvalue weighted by molar-refractivity contribution is 0.0195. The molecular formula is C10H15Cl2N3O. The van der Waals surface area contributed by atoms with Gasteiger partial charge in [0.25, 0.3) is 0 Å². The number of ether oxygens (including phenoxy) is 1. The summed E-state index contributed by atoms with van der Waals surface area (Å²) < 4.78 is 5.72. The molecule has 0 aromatic carbocycles. The molecule has 0 unspecified atom stereocenters. The fourth-order valence-electron chi connectivity index (χ4n) is 1.61. The summed E-state index contributed by atoms with van der Waals surface area (Å²) in [6.45, 7) is 2.51. The lowest BCUT2D eigenvalue weighted by Crippen LogP contribution is -2.32. The molecule has 1 saturated heterocycles. The van der Waals surface area contributed by atoms with Crippen LogP contribution in [0, 0.1) is 0 Å². The highest BCUT2D eigenvalue weighted by Gasteiger charge is 2.14. The van der Waals surface area contributed by atoms with Crippen molar-refractivity contribution < 1.29 is 4.74 Å². The molecule has 0 aliphatic carbocycles. The molecule has 4 nitrogen and oxygen atoms in total. The van der Waals surface area contributed by atoms with Gasteiger partial charge < -0.3 is 10.1 Å². The third-order valence-corrected chi connectivity index (χ3v) is 2.78. The second-order valence-electron chi connectivity index (χ2n) is 3.55. The van der Waals surface area contributed by atoms with Gasteiger partial charge in [0.2, 0.25) is 0 Å². The van der Waals surface area contributed by atoms with Crippen molar-refractivity contribution in [3.8, 4) is 0 Å². The first-order valence-electron chi connectivity index (χ1n) is 5.14. The number of hydrogen-bond donors (Lipinski definition) is 1. The van der Waals surface area contributed by atoms with Gasteiger partial charge in [0.1, 0.15) is 5.69 Å². The van der Waals surface area contributed by atoms with E-state index < -0.39 is 0 Å². The van der Waals surface area contributed by atoms with E-state index in [4.69, 9.17) is 16.3 Å². The van der Waals surface area contributed by atoms with E-state index >= 15 is 0 Å². The molecule has 1 aromatic heterocycles. The van der Waals surface area contributed by atoms with Crippen molar-refractivity contribution in [2.75, 3.05) is 13.1 Å². The Kier molecular flexibility index (Phi) is 5.98. The van der Waals surface area contributed by atoms with Gasteiger partial charge in [0.05, 0.1) is 12.7 Å². The maximum Gasteiger partial charge on any atom is 0.152 e. The van der Waals surface area contributed by atoms with Crippen LogP contribution >= 0.6 is 24.0 Å². The maximum absolute atomic E-state index is 5.88. The van der Waals surface area contributed by atoms with Gasteiger partial charge in [-0.05, 0) is 25.9 Å². The minimum Gasteiger partial charge on any atom is -0.372 e. The fourth-order valence-corrected chi connectivity index (χ4v) is 1.77. The van der Waals surface area contributed by atoms with Gasteiger partial charge in [-0.3, -0.25) is 4.98 Å². The normalized spacial score (nSPS) is 16.8. The summed E-state index contributed by atoms with van der Waals surface area (Å²) in [4.78, 5) is 8.08. The number of hydrogen-bond acceptors (Lipinski definition) is 4. The van der Waals surface area contributed by atoms with Crippen molar-refractivity contribution in [2.45, 2.75) is 25.6 Å². The summed E-state index contributed by atoms with van der Waals surface area (Å²) in [5.74, 6) is 0. The zero-order chi connectivity index (χ0) is 10.5. The summed E-state index contributed by atoms with van der Waals surface area (Å²) in [6.07, 6.45) is 5.64. The molecule has 0 amide bonds. The van der Waals surface area contributed by atoms with Crippen LogP contribution in [0.25, 0.3) is 0 Å². The number of piperidine rings is 1. The molecule has 0 spiro atoms. The number of rotatable bonds is 3. The van der Waals surface area contributed by atoms with Crippen molar-refractivity contribution >= 4 is 24.0 Å². The van der Waals surface area contributed by atoms with Crippen LogP contribution in [0.2, 0.25) is 5.15 Å². The number of nitrogens with one attached hydrogen (secondary N) is 1. The van der Waals surface area contributed by atoms with Crippen LogP contribution in [0.3, 0.4) is 0 Å². The van der Waals surface area contributed by atoms with Gasteiger partial charge in [-0.15, -0.1) is 12.4 Å². The number of aromatic nitrogens is 2. The topological polar surface area (TPSA) is 47.0 Å². The molecule has 0 radical (unpaired) electrons. The Morgan fingerprint density at radius 2 is 2.00 bits per heavy atom. The lowest BCUT2D eigenvalue weighted by Gasteiger charge is -2.22. The minimum absolute atomic E-state index is 0. The Morgan fingerprint density at radius 3 is 2.69 bits per heavy atom. The zero-order valence-electron chi connectivity index (χ0n) is 8.86. The first-order chi connectivity index (χ1) is 7.36. The first kappa shape index (κ1) is 13.6. The van der Waals surface area contributed by atoms with Crippen molar-refractivity contribution in [2.24, 2.45) is 0 Å². The van der Waals surface area contributed by atoms with Crippen molar-refractivity contribution in [1.82, 2.24) is 15.3 Å². The Morgan fingerprint density at radius 1 is 1.31 bits per heavy atom. The SMILES string of the molecule is Cl.Clc1nccnc1COC1CCNCC1. The van der Waals surface area contributed by atoms with Crippen LogP contribution in [0.15, 0.2) is 12.4 Å². The smallest absolute Gasteiger partial charge is 0.152 e. The third-order valence-electron chi connectivity index (χ3n) is 2.46. The number of halogens is 2. The highest BCUT2D eigenvalue weighted by molar-refractivity contribution is 6.29. The van der Waals surface area contributed by atoms with Crippen LogP contribution in [0.5, 0.6) is 0 Å². The van der Waals surface area contributed by atoms with E-state index in [0.717, 1.165) is 31.6 Å². The predicted molar refractivity (Wildman–Crippen MR) is 65.0 cm³/mol. The molecule has 1 aliphatic heterocycles. The van der Waals surface area contributed by atoms with E-state index in [1.807, 2.05) is 0 Å². The van der Waals surface area contributed by atoms with E-state index in [2.05, 4.69) is 15.3 Å². The van der Waals surface area contributed by atoms with Gasteiger partial charge >= 0.3 is 0 Å². The average Bonchev–Trinajstić information content (AvgIpc) is 2.29. The molecule has 2 heterocycles. The maximum atomic E-state index is 5.88. The monoisotopic (exact) mass is 263 g/mol. The van der Waals surface area contributed by atoms with Crippen LogP contribution in [-0.2, 0) is 11.3 Å². The van der Waals surface area contributed by atoms with Crippen molar-refractivity contribution in [3.05, 3.63) is 23.2 Å². The predicted octanol–water partition coefficient (Wildman–Crippen LogP) is 1.82. The summed E-state index contributed by atoms with van der Waals surface area (Å²) >= 11 is 5.88. The average molecular weight is 264 g/mol. The quantitative estimate of drug-likeness (QED) is 0.904. The Hall–Kier alpha value is -0.420. The molecule has 6 heteroatoms. The Labute approximate surface area is 106 Å². The molecule has 2 rings (SSSR count). The van der Waals surface area contributed by atoms with Crippen LogP contribution < -0.4 is 5.32 Å². The Bertz CT molecular complexity index is 319. The van der Waals surface area contributed by atoms with Crippen LogP contribution in [0.4, 0.5) is 0 Å². The van der Waals surface area contributed by atoms with E-state index in [9.17, 15) is 0 Å². The highest BCUT2D eigenvalue weighted by atomic mass is 35.5. The summed E-state index contributed by atoms with van der Waals surface area (Å²) in [5, 5.41) is 3.73. The molecular weight excluding hydrogens is 249 g/mol. The van der Waals surface area contributed by atoms with Gasteiger partial charge in [0, 0.05) is 12.4 Å². The second-order valence-corrected chi connectivity index (χ2v) is 3.91. The van der Waals surface area contributed by atoms with E-state index in [-0.39, 0.29) is 12.4 Å². The largest absolute Gasteiger partial charge is 0.372 e. The molecule has 1 aromatic rings. The van der Waals surface area contributed by atoms with Crippen LogP contribution in [-0.4, -0.2) is 29.2 Å². The minimum atomic E-state index is 0. The van der Waals surface area contributed by atoms with Crippen molar-refractivity contribution in [3.63, 3.8) is 0 Å². The zero-order valence-corrected chi connectivity index (χ0v) is 10.4.